The van der Waals surface area contributed by atoms with Crippen LogP contribution in [-0.4, -0.2) is 17.7 Å². The Kier molecular flexibility index (Phi) is 6.30. The van der Waals surface area contributed by atoms with Crippen molar-refractivity contribution in [3.8, 4) is 0 Å². The van der Waals surface area contributed by atoms with Gasteiger partial charge in [0.2, 0.25) is 7.37 Å². The Bertz CT molecular complexity index is 764. The van der Waals surface area contributed by atoms with Crippen LogP contribution >= 0.6 is 30.6 Å². The van der Waals surface area contributed by atoms with Crippen molar-refractivity contribution in [2.45, 2.75) is 12.4 Å². The summed E-state index contributed by atoms with van der Waals surface area (Å²) < 4.78 is 17.2. The fourth-order valence-electron chi connectivity index (χ4n) is 2.06. The van der Waals surface area contributed by atoms with Crippen LogP contribution in [-0.2, 0) is 15.9 Å². The topological polar surface area (TPSA) is 75.6 Å². The summed E-state index contributed by atoms with van der Waals surface area (Å²) in [6.07, 6.45) is -0.814. The van der Waals surface area contributed by atoms with Gasteiger partial charge in [0.05, 0.1) is 0 Å². The van der Waals surface area contributed by atoms with Crippen LogP contribution in [0.5, 0.6) is 0 Å². The highest BCUT2D eigenvalue weighted by molar-refractivity contribution is 7.57. The second kappa shape index (κ2) is 8.04. The van der Waals surface area contributed by atoms with Crippen molar-refractivity contribution in [1.29, 1.82) is 0 Å². The van der Waals surface area contributed by atoms with E-state index in [4.69, 9.17) is 27.9 Å². The number of halogens is 2. The van der Waals surface area contributed by atoms with Gasteiger partial charge in [0, 0.05) is 22.3 Å². The molecule has 0 aliphatic rings. The maximum atomic E-state index is 12.2. The van der Waals surface area contributed by atoms with Crippen LogP contribution in [0, 0.1) is 0 Å². The number of amides is 1. The molecule has 0 fully saturated rings. The Hall–Kier alpha value is -1.52. The first-order valence-electron chi connectivity index (χ1n) is 6.99. The summed E-state index contributed by atoms with van der Waals surface area (Å²) in [6.45, 7) is 1.19. The maximum absolute atomic E-state index is 12.2. The predicted molar refractivity (Wildman–Crippen MR) is 94.7 cm³/mol. The Labute approximate surface area is 150 Å². The molecule has 0 aliphatic carbocycles. The van der Waals surface area contributed by atoms with Crippen LogP contribution in [0.25, 0.3) is 0 Å². The second-order valence-electron chi connectivity index (χ2n) is 5.22. The zero-order valence-corrected chi connectivity index (χ0v) is 15.2. The number of alkyl carbamates (subject to hydrolysis) is 1. The molecule has 2 unspecified atom stereocenters. The highest BCUT2D eigenvalue weighted by Crippen LogP contribution is 2.52. The molecule has 2 aromatic carbocycles. The molecule has 2 atom stereocenters. The van der Waals surface area contributed by atoms with Gasteiger partial charge in [-0.15, -0.1) is 0 Å². The van der Waals surface area contributed by atoms with Gasteiger partial charge >= 0.3 is 6.09 Å². The fourth-order valence-corrected chi connectivity index (χ4v) is 3.74. The summed E-state index contributed by atoms with van der Waals surface area (Å²) in [4.78, 5) is 21.9. The zero-order chi connectivity index (χ0) is 17.7. The van der Waals surface area contributed by atoms with Crippen LogP contribution in [0.4, 0.5) is 4.79 Å². The number of hydrogen-bond acceptors (Lipinski definition) is 3. The first kappa shape index (κ1) is 18.8. The van der Waals surface area contributed by atoms with Gasteiger partial charge in [0.15, 0.2) is 0 Å². The van der Waals surface area contributed by atoms with Crippen molar-refractivity contribution in [3.05, 3.63) is 69.7 Å². The van der Waals surface area contributed by atoms with Crippen molar-refractivity contribution >= 4 is 36.7 Å². The molecule has 0 bridgehead atoms. The van der Waals surface area contributed by atoms with Gasteiger partial charge in [0.25, 0.3) is 0 Å². The van der Waals surface area contributed by atoms with E-state index in [9.17, 15) is 14.3 Å². The first-order valence-corrected chi connectivity index (χ1v) is 9.92. The Balaban J connectivity index is 2.12. The lowest BCUT2D eigenvalue weighted by molar-refractivity contribution is 0.138. The average molecular weight is 388 g/mol. The van der Waals surface area contributed by atoms with E-state index in [1.165, 1.54) is 18.2 Å². The first-order chi connectivity index (χ1) is 11.3. The normalized spacial score (nSPS) is 14.5. The number of carbonyl (C=O) groups is 1. The Morgan fingerprint density at radius 3 is 2.50 bits per heavy atom. The minimum atomic E-state index is -3.73. The van der Waals surface area contributed by atoms with Gasteiger partial charge in [-0.25, -0.2) is 4.79 Å². The zero-order valence-electron chi connectivity index (χ0n) is 12.8. The van der Waals surface area contributed by atoms with Crippen LogP contribution in [0.2, 0.25) is 10.0 Å². The summed E-state index contributed by atoms with van der Waals surface area (Å²) in [6, 6.07) is 13.6. The van der Waals surface area contributed by atoms with Gasteiger partial charge in [-0.05, 0) is 17.7 Å². The third-order valence-corrected chi connectivity index (χ3v) is 5.13. The number of nitrogens with one attached hydrogen (secondary N) is 1. The van der Waals surface area contributed by atoms with E-state index in [1.807, 2.05) is 18.2 Å². The molecule has 8 heteroatoms. The molecular formula is C16H16Cl2NO4P. The second-order valence-corrected chi connectivity index (χ2v) is 8.46. The monoisotopic (exact) mass is 387 g/mol. The van der Waals surface area contributed by atoms with Gasteiger partial charge in [-0.2, -0.15) is 0 Å². The van der Waals surface area contributed by atoms with Crippen molar-refractivity contribution in [3.63, 3.8) is 0 Å². The molecule has 0 aromatic heterocycles. The summed E-state index contributed by atoms with van der Waals surface area (Å²) >= 11 is 11.9. The van der Waals surface area contributed by atoms with E-state index in [1.54, 1.807) is 12.1 Å². The maximum Gasteiger partial charge on any atom is 0.408 e. The van der Waals surface area contributed by atoms with Gasteiger partial charge in [-0.3, -0.25) is 4.57 Å². The molecule has 0 spiro atoms. The third-order valence-electron chi connectivity index (χ3n) is 3.20. The predicted octanol–water partition coefficient (Wildman–Crippen LogP) is 4.82. The Morgan fingerprint density at radius 1 is 1.25 bits per heavy atom. The van der Waals surface area contributed by atoms with E-state index in [0.29, 0.717) is 10.6 Å². The molecule has 0 heterocycles. The number of ether oxygens (including phenoxy) is 1. The van der Waals surface area contributed by atoms with E-state index < -0.39 is 19.2 Å². The smallest absolute Gasteiger partial charge is 0.408 e. The lowest BCUT2D eigenvalue weighted by Gasteiger charge is -2.22. The van der Waals surface area contributed by atoms with E-state index in [2.05, 4.69) is 5.32 Å². The van der Waals surface area contributed by atoms with Crippen LogP contribution in [0.15, 0.2) is 48.5 Å². The van der Waals surface area contributed by atoms with Crippen molar-refractivity contribution in [1.82, 2.24) is 5.32 Å². The molecule has 0 radical (unpaired) electrons. The lowest BCUT2D eigenvalue weighted by atomic mass is 10.2. The minimum absolute atomic E-state index is 0.0488. The fraction of sp³-hybridized carbons (Fsp3) is 0.188. The number of rotatable bonds is 5. The molecule has 1 amide bonds. The highest BCUT2D eigenvalue weighted by atomic mass is 35.5. The number of carbonyl (C=O) groups excluding carboxylic acids is 1. The number of benzene rings is 2. The van der Waals surface area contributed by atoms with Gasteiger partial charge in [-0.1, -0.05) is 59.6 Å². The molecule has 0 saturated heterocycles. The van der Waals surface area contributed by atoms with Crippen molar-refractivity contribution < 1.29 is 19.0 Å². The van der Waals surface area contributed by atoms with Gasteiger partial charge in [0.1, 0.15) is 12.4 Å². The number of hydrogen-bond donors (Lipinski definition) is 2. The SMILES string of the molecule is CP(=O)(O)C(NC(=O)OCc1ccccc1)c1ccc(Cl)cc1Cl. The average Bonchev–Trinajstić information content (AvgIpc) is 2.51. The van der Waals surface area contributed by atoms with E-state index >= 15 is 0 Å². The van der Waals surface area contributed by atoms with E-state index in [0.717, 1.165) is 12.2 Å². The summed E-state index contributed by atoms with van der Waals surface area (Å²) in [5, 5.41) is 2.98. The lowest BCUT2D eigenvalue weighted by Crippen LogP contribution is -2.29. The van der Waals surface area contributed by atoms with Crippen LogP contribution in [0.3, 0.4) is 0 Å². The molecule has 5 nitrogen and oxygen atoms in total. The molecule has 2 N–H and O–H groups in total. The highest BCUT2D eigenvalue weighted by Gasteiger charge is 2.31. The van der Waals surface area contributed by atoms with Crippen molar-refractivity contribution in [2.75, 3.05) is 6.66 Å². The quantitative estimate of drug-likeness (QED) is 0.721. The summed E-state index contributed by atoms with van der Waals surface area (Å²) in [5.41, 5.74) is 1.10. The molecular weight excluding hydrogens is 372 g/mol. The standard InChI is InChI=1S/C16H16Cl2NO4P/c1-24(21,22)15(13-8-7-12(17)9-14(13)18)19-16(20)23-10-11-5-3-2-4-6-11/h2-9,15H,10H2,1H3,(H,19,20)(H,21,22). The summed E-state index contributed by atoms with van der Waals surface area (Å²) in [7, 11) is -3.73. The molecule has 0 saturated carbocycles. The van der Waals surface area contributed by atoms with Crippen LogP contribution in [0.1, 0.15) is 16.9 Å². The molecule has 128 valence electrons. The summed E-state index contributed by atoms with van der Waals surface area (Å²) in [5.74, 6) is -1.19. The molecule has 24 heavy (non-hydrogen) atoms. The van der Waals surface area contributed by atoms with Crippen LogP contribution < -0.4 is 5.32 Å². The van der Waals surface area contributed by atoms with Crippen molar-refractivity contribution in [2.24, 2.45) is 0 Å². The minimum Gasteiger partial charge on any atom is -0.445 e. The molecule has 2 rings (SSSR count). The largest absolute Gasteiger partial charge is 0.445 e. The third kappa shape index (κ3) is 5.25. The Morgan fingerprint density at radius 2 is 1.92 bits per heavy atom. The molecule has 2 aromatic rings. The molecule has 0 aliphatic heterocycles. The van der Waals surface area contributed by atoms with E-state index in [-0.39, 0.29) is 11.6 Å². The van der Waals surface area contributed by atoms with Gasteiger partial charge < -0.3 is 14.9 Å².